The highest BCUT2D eigenvalue weighted by Crippen LogP contribution is 2.75. The Kier molecular flexibility index (Phi) is 5.61. The van der Waals surface area contributed by atoms with Crippen LogP contribution >= 0.6 is 0 Å². The summed E-state index contributed by atoms with van der Waals surface area (Å²) in [4.78, 5) is 0. The van der Waals surface area contributed by atoms with Gasteiger partial charge in [-0.15, -0.1) is 0 Å². The molecular weight excluding hydrogens is 424 g/mol. The van der Waals surface area contributed by atoms with Crippen LogP contribution in [0.15, 0.2) is 11.6 Å². The minimum atomic E-state index is -0.416. The van der Waals surface area contributed by atoms with Gasteiger partial charge in [-0.2, -0.15) is 0 Å². The van der Waals surface area contributed by atoms with Crippen LogP contribution in [-0.4, -0.2) is 45.8 Å². The van der Waals surface area contributed by atoms with Gasteiger partial charge < -0.3 is 20.4 Å². The van der Waals surface area contributed by atoms with Gasteiger partial charge in [0, 0.05) is 17.4 Å². The minimum Gasteiger partial charge on any atom is -0.396 e. The van der Waals surface area contributed by atoms with Gasteiger partial charge >= 0.3 is 0 Å². The van der Waals surface area contributed by atoms with E-state index in [0.717, 1.165) is 51.4 Å². The summed E-state index contributed by atoms with van der Waals surface area (Å²) in [5.74, 6) is 1.20. The van der Waals surface area contributed by atoms with Crippen molar-refractivity contribution < 1.29 is 20.4 Å². The van der Waals surface area contributed by atoms with Crippen LogP contribution in [0.2, 0.25) is 0 Å². The zero-order valence-corrected chi connectivity index (χ0v) is 22.5. The summed E-state index contributed by atoms with van der Waals surface area (Å²) in [5, 5.41) is 42.9. The van der Waals surface area contributed by atoms with E-state index >= 15 is 0 Å². The Balaban J connectivity index is 1.58. The first-order valence-corrected chi connectivity index (χ1v) is 14.0. The van der Waals surface area contributed by atoms with Crippen LogP contribution < -0.4 is 0 Å². The summed E-state index contributed by atoms with van der Waals surface area (Å²) in [6.45, 7) is 14.3. The molecule has 0 aromatic rings. The lowest BCUT2D eigenvalue weighted by Gasteiger charge is -2.71. The van der Waals surface area contributed by atoms with Crippen molar-refractivity contribution in [3.05, 3.63) is 11.6 Å². The van der Waals surface area contributed by atoms with E-state index in [1.165, 1.54) is 0 Å². The van der Waals surface area contributed by atoms with Crippen LogP contribution in [0.5, 0.6) is 0 Å². The van der Waals surface area contributed by atoms with Gasteiger partial charge in [-0.1, -0.05) is 53.2 Å². The molecule has 5 aliphatic rings. The lowest BCUT2D eigenvalue weighted by atomic mass is 9.33. The molecule has 0 aliphatic heterocycles. The molecule has 0 saturated heterocycles. The molecule has 4 N–H and O–H groups in total. The molecule has 0 spiro atoms. The van der Waals surface area contributed by atoms with Gasteiger partial charge in [-0.25, -0.2) is 0 Å². The van der Waals surface area contributed by atoms with Crippen molar-refractivity contribution in [1.82, 2.24) is 0 Å². The number of hydrogen-bond acceptors (Lipinski definition) is 4. The third kappa shape index (κ3) is 2.92. The fourth-order valence-corrected chi connectivity index (χ4v) is 10.7. The molecule has 4 heteroatoms. The minimum absolute atomic E-state index is 0.0638. The molecule has 0 aromatic carbocycles. The summed E-state index contributed by atoms with van der Waals surface area (Å²) < 4.78 is 0. The van der Waals surface area contributed by atoms with Gasteiger partial charge in [0.2, 0.25) is 0 Å². The Morgan fingerprint density at radius 2 is 1.47 bits per heavy atom. The van der Waals surface area contributed by atoms with Crippen molar-refractivity contribution >= 4 is 0 Å². The molecule has 5 aliphatic carbocycles. The first-order valence-electron chi connectivity index (χ1n) is 14.0. The molecule has 0 amide bonds. The fourth-order valence-electron chi connectivity index (χ4n) is 10.7. The Bertz CT molecular complexity index is 870. The molecule has 34 heavy (non-hydrogen) atoms. The SMILES string of the molecule is C[C@]1(CO)C[C@@H](O)[C@]2(C)CC[C@]3(C)C(=CC[C@@H]4[C@]5(C)CC[C@H](O)[C@](C)(CO)[C@@H]5CC[C@]43C)[C@H]2C1. The van der Waals surface area contributed by atoms with Crippen LogP contribution in [0, 0.1) is 50.2 Å². The highest BCUT2D eigenvalue weighted by atomic mass is 16.3. The maximum atomic E-state index is 11.3. The van der Waals surface area contributed by atoms with Gasteiger partial charge in [0.1, 0.15) is 0 Å². The highest BCUT2D eigenvalue weighted by Gasteiger charge is 2.69. The van der Waals surface area contributed by atoms with Gasteiger partial charge in [-0.05, 0) is 97.2 Å². The predicted octanol–water partition coefficient (Wildman–Crippen LogP) is 5.08. The maximum Gasteiger partial charge on any atom is 0.0618 e. The van der Waals surface area contributed by atoms with E-state index in [1.54, 1.807) is 5.57 Å². The van der Waals surface area contributed by atoms with Crippen LogP contribution in [0.3, 0.4) is 0 Å². The zero-order valence-electron chi connectivity index (χ0n) is 22.5. The number of rotatable bonds is 2. The largest absolute Gasteiger partial charge is 0.396 e. The van der Waals surface area contributed by atoms with E-state index in [1.807, 2.05) is 0 Å². The first kappa shape index (κ1) is 25.2. The second kappa shape index (κ2) is 7.55. The monoisotopic (exact) mass is 474 g/mol. The maximum absolute atomic E-state index is 11.3. The third-order valence-electron chi connectivity index (χ3n) is 13.5. The molecule has 0 aromatic heterocycles. The number of aliphatic hydroxyl groups excluding tert-OH is 4. The summed E-state index contributed by atoms with van der Waals surface area (Å²) in [7, 11) is 0. The van der Waals surface area contributed by atoms with Crippen LogP contribution in [0.25, 0.3) is 0 Å². The number of hydrogen-bond donors (Lipinski definition) is 4. The molecule has 4 fully saturated rings. The van der Waals surface area contributed by atoms with E-state index < -0.39 is 11.5 Å². The van der Waals surface area contributed by atoms with Crippen molar-refractivity contribution in [2.45, 2.75) is 112 Å². The van der Waals surface area contributed by atoms with Gasteiger partial charge in [0.25, 0.3) is 0 Å². The van der Waals surface area contributed by atoms with Crippen LogP contribution in [-0.2, 0) is 0 Å². The summed E-state index contributed by atoms with van der Waals surface area (Å²) in [6, 6.07) is 0. The van der Waals surface area contributed by atoms with E-state index in [9.17, 15) is 20.4 Å². The van der Waals surface area contributed by atoms with Crippen molar-refractivity contribution in [2.75, 3.05) is 13.2 Å². The molecule has 0 radical (unpaired) electrons. The quantitative estimate of drug-likeness (QED) is 0.421. The van der Waals surface area contributed by atoms with Crippen LogP contribution in [0.1, 0.15) is 99.3 Å². The normalized spacial score (nSPS) is 59.2. The van der Waals surface area contributed by atoms with E-state index in [-0.39, 0.29) is 46.4 Å². The van der Waals surface area contributed by atoms with Gasteiger partial charge in [-0.3, -0.25) is 0 Å². The third-order valence-corrected chi connectivity index (χ3v) is 13.5. The average molecular weight is 475 g/mol. The zero-order chi connectivity index (χ0) is 24.9. The van der Waals surface area contributed by atoms with Gasteiger partial charge in [0.15, 0.2) is 0 Å². The molecule has 5 rings (SSSR count). The molecule has 194 valence electrons. The molecule has 11 atom stereocenters. The molecule has 0 unspecified atom stereocenters. The number of aliphatic hydroxyl groups is 4. The smallest absolute Gasteiger partial charge is 0.0618 e. The van der Waals surface area contributed by atoms with Crippen molar-refractivity contribution in [3.8, 4) is 0 Å². The van der Waals surface area contributed by atoms with Crippen LogP contribution in [0.4, 0.5) is 0 Å². The summed E-state index contributed by atoms with van der Waals surface area (Å²) in [6.07, 6.45) is 10.7. The predicted molar refractivity (Wildman–Crippen MR) is 135 cm³/mol. The van der Waals surface area contributed by atoms with Crippen molar-refractivity contribution in [1.29, 1.82) is 0 Å². The summed E-state index contributed by atoms with van der Waals surface area (Å²) >= 11 is 0. The second-order valence-electron chi connectivity index (χ2n) is 15.0. The Hall–Kier alpha value is -0.420. The number of fused-ring (bicyclic) bond motifs is 7. The molecule has 0 bridgehead atoms. The average Bonchev–Trinajstić information content (AvgIpc) is 2.79. The Labute approximate surface area is 207 Å². The fraction of sp³-hybridized carbons (Fsp3) is 0.933. The topological polar surface area (TPSA) is 80.9 Å². The van der Waals surface area contributed by atoms with E-state index in [0.29, 0.717) is 24.2 Å². The highest BCUT2D eigenvalue weighted by molar-refractivity contribution is 5.34. The van der Waals surface area contributed by atoms with E-state index in [2.05, 4.69) is 47.6 Å². The van der Waals surface area contributed by atoms with Crippen molar-refractivity contribution in [2.24, 2.45) is 50.2 Å². The Morgan fingerprint density at radius 3 is 2.12 bits per heavy atom. The Morgan fingerprint density at radius 1 is 0.765 bits per heavy atom. The number of allylic oxidation sites excluding steroid dienone is 2. The molecule has 4 nitrogen and oxygen atoms in total. The van der Waals surface area contributed by atoms with Gasteiger partial charge in [0.05, 0.1) is 18.8 Å². The second-order valence-corrected chi connectivity index (χ2v) is 15.0. The molecular formula is C30H50O4. The lowest BCUT2D eigenvalue weighted by molar-refractivity contribution is -0.219. The summed E-state index contributed by atoms with van der Waals surface area (Å²) in [5.41, 5.74) is 1.21. The molecule has 4 saturated carbocycles. The van der Waals surface area contributed by atoms with Crippen molar-refractivity contribution in [3.63, 3.8) is 0 Å². The molecule has 0 heterocycles. The van der Waals surface area contributed by atoms with E-state index in [4.69, 9.17) is 0 Å². The standard InChI is InChI=1S/C30H50O4/c1-25(17-31)15-20-19-7-8-22-27(3)11-10-23(33)28(4,18-32)21(27)9-12-30(22,6)29(19,5)14-13-26(20,2)24(34)16-25/h7,20-24,31-34H,8-18H2,1-6H3/t20-,21-,22-,23+,24-,25-,26-,27-,28-,29-,30-/m1/s1. The lowest BCUT2D eigenvalue weighted by Crippen LogP contribution is -2.66. The first-order chi connectivity index (χ1) is 15.7.